The molecule has 2 aliphatic rings. The summed E-state index contributed by atoms with van der Waals surface area (Å²) in [5.41, 5.74) is 2.15. The highest BCUT2D eigenvalue weighted by molar-refractivity contribution is 5.78. The fourth-order valence-corrected chi connectivity index (χ4v) is 3.13. The van der Waals surface area contributed by atoms with Crippen molar-refractivity contribution in [2.75, 3.05) is 26.2 Å². The summed E-state index contributed by atoms with van der Waals surface area (Å²) < 4.78 is 0. The summed E-state index contributed by atoms with van der Waals surface area (Å²) in [7, 11) is 0. The van der Waals surface area contributed by atoms with Crippen molar-refractivity contribution >= 4 is 12.0 Å². The molecule has 0 saturated carbocycles. The molecule has 2 N–H and O–H groups in total. The van der Waals surface area contributed by atoms with Gasteiger partial charge in [0.15, 0.2) is 0 Å². The number of carboxylic acid groups (broad SMARTS) is 1. The van der Waals surface area contributed by atoms with Gasteiger partial charge in [0.25, 0.3) is 0 Å². The summed E-state index contributed by atoms with van der Waals surface area (Å²) in [5, 5.41) is 11.4. The number of nitrogens with one attached hydrogen (secondary N) is 1. The summed E-state index contributed by atoms with van der Waals surface area (Å²) in [5.74, 6) is -0.782. The first kappa shape index (κ1) is 15.1. The maximum absolute atomic E-state index is 12.3. The van der Waals surface area contributed by atoms with Crippen molar-refractivity contribution in [1.29, 1.82) is 0 Å². The highest BCUT2D eigenvalue weighted by Gasteiger charge is 2.42. The molecule has 2 saturated heterocycles. The van der Waals surface area contributed by atoms with Gasteiger partial charge in [-0.15, -0.1) is 0 Å². The molecule has 0 bridgehead atoms. The minimum atomic E-state index is -0.782. The van der Waals surface area contributed by atoms with Crippen molar-refractivity contribution in [3.8, 4) is 0 Å². The van der Waals surface area contributed by atoms with Crippen LogP contribution in [0.1, 0.15) is 45.4 Å². The Morgan fingerprint density at radius 2 is 1.85 bits per heavy atom. The Kier molecular flexibility index (Phi) is 4.86. The largest absolute Gasteiger partial charge is 0.481 e. The van der Waals surface area contributed by atoms with Gasteiger partial charge in [0.2, 0.25) is 0 Å². The van der Waals surface area contributed by atoms with E-state index >= 15 is 0 Å². The van der Waals surface area contributed by atoms with Gasteiger partial charge in [0, 0.05) is 26.2 Å². The molecular weight excluding hydrogens is 258 g/mol. The Bertz CT molecular complexity index is 369. The molecule has 6 heteroatoms. The quantitative estimate of drug-likeness (QED) is 0.826. The summed E-state index contributed by atoms with van der Waals surface area (Å²) in [6.07, 6.45) is 5.41. The number of likely N-dealkylation sites (tertiary alicyclic amines) is 1. The lowest BCUT2D eigenvalue weighted by molar-refractivity contribution is -0.152. The SMILES string of the molecule is CCC1(C(=O)O)CCCN(C(=O)NN2CCCCC2)C1. The van der Waals surface area contributed by atoms with E-state index in [0.717, 1.165) is 32.4 Å². The number of carbonyl (C=O) groups is 2. The third-order valence-electron chi connectivity index (χ3n) is 4.60. The molecule has 0 aliphatic carbocycles. The molecule has 2 heterocycles. The van der Waals surface area contributed by atoms with Crippen LogP contribution in [0.2, 0.25) is 0 Å². The Balaban J connectivity index is 1.93. The van der Waals surface area contributed by atoms with Gasteiger partial charge in [-0.1, -0.05) is 13.3 Å². The fourth-order valence-electron chi connectivity index (χ4n) is 3.13. The number of hydrazine groups is 1. The first-order valence-electron chi connectivity index (χ1n) is 7.61. The van der Waals surface area contributed by atoms with Crippen molar-refractivity contribution in [3.63, 3.8) is 0 Å². The third kappa shape index (κ3) is 3.23. The molecule has 0 aromatic carbocycles. The number of carbonyl (C=O) groups excluding carboxylic acids is 1. The maximum atomic E-state index is 12.3. The number of amides is 2. The minimum Gasteiger partial charge on any atom is -0.481 e. The summed E-state index contributed by atoms with van der Waals surface area (Å²) >= 11 is 0. The van der Waals surface area contributed by atoms with Crippen LogP contribution >= 0.6 is 0 Å². The second kappa shape index (κ2) is 6.43. The molecule has 2 fully saturated rings. The van der Waals surface area contributed by atoms with E-state index in [2.05, 4.69) is 5.43 Å². The monoisotopic (exact) mass is 283 g/mol. The number of urea groups is 1. The zero-order chi connectivity index (χ0) is 14.6. The van der Waals surface area contributed by atoms with Crippen LogP contribution in [0.15, 0.2) is 0 Å². The molecule has 1 atom stereocenters. The fraction of sp³-hybridized carbons (Fsp3) is 0.857. The summed E-state index contributed by atoms with van der Waals surface area (Å²) in [4.78, 5) is 25.4. The van der Waals surface area contributed by atoms with Gasteiger partial charge >= 0.3 is 12.0 Å². The second-order valence-corrected chi connectivity index (χ2v) is 5.93. The second-order valence-electron chi connectivity index (χ2n) is 5.93. The zero-order valence-corrected chi connectivity index (χ0v) is 12.2. The number of hydrogen-bond acceptors (Lipinski definition) is 3. The molecular formula is C14H25N3O3. The lowest BCUT2D eigenvalue weighted by Gasteiger charge is -2.40. The molecule has 2 amide bonds. The molecule has 0 radical (unpaired) electrons. The van der Waals surface area contributed by atoms with Crippen LogP contribution in [0.4, 0.5) is 4.79 Å². The topological polar surface area (TPSA) is 72.9 Å². The minimum absolute atomic E-state index is 0.148. The normalized spacial score (nSPS) is 28.1. The molecule has 0 aromatic heterocycles. The summed E-state index contributed by atoms with van der Waals surface area (Å²) in [6.45, 7) is 4.63. The lowest BCUT2D eigenvalue weighted by atomic mass is 9.78. The molecule has 0 aromatic rings. The van der Waals surface area contributed by atoms with Crippen LogP contribution in [-0.4, -0.2) is 53.2 Å². The molecule has 114 valence electrons. The maximum Gasteiger partial charge on any atom is 0.331 e. The number of aliphatic carboxylic acids is 1. The predicted molar refractivity (Wildman–Crippen MR) is 75.1 cm³/mol. The lowest BCUT2D eigenvalue weighted by Crippen LogP contribution is -2.56. The first-order valence-corrected chi connectivity index (χ1v) is 7.61. The Hall–Kier alpha value is -1.30. The van der Waals surface area contributed by atoms with Crippen molar-refractivity contribution in [2.24, 2.45) is 5.41 Å². The van der Waals surface area contributed by atoms with E-state index in [1.54, 1.807) is 4.90 Å². The van der Waals surface area contributed by atoms with E-state index in [0.29, 0.717) is 25.9 Å². The van der Waals surface area contributed by atoms with E-state index in [-0.39, 0.29) is 6.03 Å². The van der Waals surface area contributed by atoms with E-state index in [9.17, 15) is 14.7 Å². The molecule has 2 rings (SSSR count). The van der Waals surface area contributed by atoms with Gasteiger partial charge in [-0.3, -0.25) is 10.2 Å². The van der Waals surface area contributed by atoms with Gasteiger partial charge in [-0.05, 0) is 32.1 Å². The van der Waals surface area contributed by atoms with E-state index in [4.69, 9.17) is 0 Å². The third-order valence-corrected chi connectivity index (χ3v) is 4.60. The van der Waals surface area contributed by atoms with Crippen LogP contribution in [0.25, 0.3) is 0 Å². The molecule has 2 aliphatic heterocycles. The number of nitrogens with zero attached hydrogens (tertiary/aromatic N) is 2. The average Bonchev–Trinajstić information content (AvgIpc) is 2.48. The number of rotatable bonds is 3. The summed E-state index contributed by atoms with van der Waals surface area (Å²) in [6, 6.07) is -0.148. The van der Waals surface area contributed by atoms with Crippen molar-refractivity contribution in [3.05, 3.63) is 0 Å². The van der Waals surface area contributed by atoms with Crippen molar-refractivity contribution in [2.45, 2.75) is 45.4 Å². The van der Waals surface area contributed by atoms with E-state index < -0.39 is 11.4 Å². The highest BCUT2D eigenvalue weighted by atomic mass is 16.4. The van der Waals surface area contributed by atoms with Crippen LogP contribution in [0.5, 0.6) is 0 Å². The Labute approximate surface area is 120 Å². The van der Waals surface area contributed by atoms with Gasteiger partial charge < -0.3 is 10.0 Å². The molecule has 20 heavy (non-hydrogen) atoms. The molecule has 1 unspecified atom stereocenters. The van der Waals surface area contributed by atoms with Gasteiger partial charge in [0.05, 0.1) is 5.41 Å². The van der Waals surface area contributed by atoms with E-state index in [1.165, 1.54) is 6.42 Å². The van der Waals surface area contributed by atoms with Crippen LogP contribution in [0, 0.1) is 5.41 Å². The van der Waals surface area contributed by atoms with Gasteiger partial charge in [-0.25, -0.2) is 9.80 Å². The number of piperidine rings is 2. The Morgan fingerprint density at radius 1 is 1.15 bits per heavy atom. The van der Waals surface area contributed by atoms with Crippen molar-refractivity contribution < 1.29 is 14.7 Å². The van der Waals surface area contributed by atoms with Crippen molar-refractivity contribution in [1.82, 2.24) is 15.3 Å². The average molecular weight is 283 g/mol. The number of carboxylic acids is 1. The number of hydrogen-bond donors (Lipinski definition) is 2. The van der Waals surface area contributed by atoms with Crippen LogP contribution in [-0.2, 0) is 4.79 Å². The van der Waals surface area contributed by atoms with E-state index in [1.807, 2.05) is 11.9 Å². The zero-order valence-electron chi connectivity index (χ0n) is 12.2. The molecule has 6 nitrogen and oxygen atoms in total. The first-order chi connectivity index (χ1) is 9.57. The van der Waals surface area contributed by atoms with Gasteiger partial charge in [-0.2, -0.15) is 0 Å². The Morgan fingerprint density at radius 3 is 2.45 bits per heavy atom. The smallest absolute Gasteiger partial charge is 0.331 e. The molecule has 0 spiro atoms. The standard InChI is InChI=1S/C14H25N3O3/c1-2-14(12(18)19)7-6-8-16(11-14)13(20)15-17-9-4-3-5-10-17/h2-11H2,1H3,(H,15,20)(H,18,19). The highest BCUT2D eigenvalue weighted by Crippen LogP contribution is 2.33. The van der Waals surface area contributed by atoms with Gasteiger partial charge in [0.1, 0.15) is 0 Å². The predicted octanol–water partition coefficient (Wildman–Crippen LogP) is 1.67. The van der Waals surface area contributed by atoms with Crippen LogP contribution in [0.3, 0.4) is 0 Å². The van der Waals surface area contributed by atoms with Crippen LogP contribution < -0.4 is 5.43 Å².